The van der Waals surface area contributed by atoms with Crippen LogP contribution in [-0.2, 0) is 26.2 Å². The molecule has 10 heteroatoms. The van der Waals surface area contributed by atoms with Crippen molar-refractivity contribution in [2.75, 3.05) is 23.7 Å². The monoisotopic (exact) mass is 555 g/mol. The van der Waals surface area contributed by atoms with Gasteiger partial charge < -0.3 is 10.2 Å². The second-order valence-electron chi connectivity index (χ2n) is 9.33. The van der Waals surface area contributed by atoms with Crippen LogP contribution in [0.1, 0.15) is 44.7 Å². The van der Waals surface area contributed by atoms with Gasteiger partial charge in [-0.1, -0.05) is 55.2 Å². The van der Waals surface area contributed by atoms with E-state index in [1.54, 1.807) is 44.2 Å². The van der Waals surface area contributed by atoms with Gasteiger partial charge in [-0.25, -0.2) is 8.42 Å². The number of carbonyl (C=O) groups is 2. The van der Waals surface area contributed by atoms with Crippen LogP contribution < -0.4 is 9.62 Å². The second-order valence-corrected chi connectivity index (χ2v) is 12.1. The van der Waals surface area contributed by atoms with E-state index in [1.165, 1.54) is 9.21 Å². The van der Waals surface area contributed by atoms with E-state index in [-0.39, 0.29) is 43.7 Å². The molecule has 0 bridgehead atoms. The average Bonchev–Trinajstić information content (AvgIpc) is 2.80. The lowest BCUT2D eigenvalue weighted by Crippen LogP contribution is -2.48. The number of nitrogens with one attached hydrogen (secondary N) is 1. The SMILES string of the molecule is Cc1ccc(Cl)cc1N(CCCC(=O)N(Cc1ccc(Cl)cc1)[C@H](C)C(=O)NCC(C)C)S(C)(=O)=O. The Morgan fingerprint density at radius 2 is 1.61 bits per heavy atom. The van der Waals surface area contributed by atoms with Crippen molar-refractivity contribution in [2.45, 2.75) is 53.1 Å². The minimum atomic E-state index is -3.60. The number of rotatable bonds is 12. The van der Waals surface area contributed by atoms with Gasteiger partial charge in [0.2, 0.25) is 21.8 Å². The first kappa shape index (κ1) is 29.9. The van der Waals surface area contributed by atoms with E-state index in [2.05, 4.69) is 5.32 Å². The fourth-order valence-corrected chi connectivity index (χ4v) is 4.96. The van der Waals surface area contributed by atoms with Gasteiger partial charge in [-0.05, 0) is 61.6 Å². The number of halogens is 2. The highest BCUT2D eigenvalue weighted by atomic mass is 35.5. The molecule has 7 nitrogen and oxygen atoms in total. The third-order valence-corrected chi connectivity index (χ3v) is 7.38. The Morgan fingerprint density at radius 1 is 1.00 bits per heavy atom. The number of aryl methyl sites for hydroxylation is 1. The first-order chi connectivity index (χ1) is 16.8. The summed E-state index contributed by atoms with van der Waals surface area (Å²) in [5.41, 5.74) is 2.08. The number of sulfonamides is 1. The summed E-state index contributed by atoms with van der Waals surface area (Å²) >= 11 is 12.1. The molecule has 2 aromatic carbocycles. The molecule has 0 radical (unpaired) electrons. The molecule has 0 spiro atoms. The molecule has 0 aliphatic heterocycles. The summed E-state index contributed by atoms with van der Waals surface area (Å²) in [4.78, 5) is 27.6. The van der Waals surface area contributed by atoms with Crippen molar-refractivity contribution >= 4 is 50.7 Å². The molecule has 0 saturated heterocycles. The Kier molecular flexibility index (Phi) is 11.1. The predicted molar refractivity (Wildman–Crippen MR) is 147 cm³/mol. The quantitative estimate of drug-likeness (QED) is 0.397. The summed E-state index contributed by atoms with van der Waals surface area (Å²) in [6, 6.07) is 11.5. The molecule has 0 saturated carbocycles. The van der Waals surface area contributed by atoms with Gasteiger partial charge in [0.15, 0.2) is 0 Å². The van der Waals surface area contributed by atoms with Gasteiger partial charge in [0.1, 0.15) is 6.04 Å². The Morgan fingerprint density at radius 3 is 2.19 bits per heavy atom. The van der Waals surface area contributed by atoms with Crippen LogP contribution in [0.4, 0.5) is 5.69 Å². The standard InChI is InChI=1S/C26H35Cl2N3O4S/c1-18(2)16-29-26(33)20(4)30(17-21-9-12-22(27)13-10-21)25(32)7-6-14-31(36(5,34)35)24-15-23(28)11-8-19(24)3/h8-13,15,18,20H,6-7,14,16-17H2,1-5H3,(H,29,33)/t20-/m1/s1. The molecule has 0 aliphatic rings. The molecule has 0 aromatic heterocycles. The number of hydrogen-bond donors (Lipinski definition) is 1. The third kappa shape index (κ3) is 8.98. The molecule has 198 valence electrons. The Bertz CT molecular complexity index is 1150. The fraction of sp³-hybridized carbons (Fsp3) is 0.462. The van der Waals surface area contributed by atoms with Crippen molar-refractivity contribution < 1.29 is 18.0 Å². The number of benzene rings is 2. The van der Waals surface area contributed by atoms with Gasteiger partial charge in [-0.15, -0.1) is 0 Å². The highest BCUT2D eigenvalue weighted by molar-refractivity contribution is 7.92. The van der Waals surface area contributed by atoms with Gasteiger partial charge >= 0.3 is 0 Å². The number of nitrogens with zero attached hydrogens (tertiary/aromatic N) is 2. The van der Waals surface area contributed by atoms with Crippen molar-refractivity contribution in [3.8, 4) is 0 Å². The molecule has 0 aliphatic carbocycles. The van der Waals surface area contributed by atoms with Gasteiger partial charge in [-0.3, -0.25) is 13.9 Å². The van der Waals surface area contributed by atoms with Crippen LogP contribution in [0.5, 0.6) is 0 Å². The summed E-state index contributed by atoms with van der Waals surface area (Å²) in [5.74, 6) is -0.203. The van der Waals surface area contributed by atoms with Crippen molar-refractivity contribution in [3.05, 3.63) is 63.6 Å². The lowest BCUT2D eigenvalue weighted by Gasteiger charge is -2.30. The van der Waals surface area contributed by atoms with Gasteiger partial charge in [0.25, 0.3) is 0 Å². The van der Waals surface area contributed by atoms with Crippen LogP contribution in [0, 0.1) is 12.8 Å². The van der Waals surface area contributed by atoms with Gasteiger partial charge in [0.05, 0.1) is 11.9 Å². The largest absolute Gasteiger partial charge is 0.354 e. The number of carbonyl (C=O) groups excluding carboxylic acids is 2. The Hall–Kier alpha value is -2.29. The normalized spacial score (nSPS) is 12.3. The first-order valence-electron chi connectivity index (χ1n) is 11.8. The first-order valence-corrected chi connectivity index (χ1v) is 14.5. The van der Waals surface area contributed by atoms with Crippen LogP contribution in [0.3, 0.4) is 0 Å². The summed E-state index contributed by atoms with van der Waals surface area (Å²) < 4.78 is 26.3. The van der Waals surface area contributed by atoms with Crippen LogP contribution in [0.25, 0.3) is 0 Å². The lowest BCUT2D eigenvalue weighted by molar-refractivity contribution is -0.140. The highest BCUT2D eigenvalue weighted by Gasteiger charge is 2.27. The van der Waals surface area contributed by atoms with Crippen LogP contribution in [0.2, 0.25) is 10.0 Å². The zero-order valence-electron chi connectivity index (χ0n) is 21.4. The fourth-order valence-electron chi connectivity index (χ4n) is 3.66. The molecule has 0 heterocycles. The topological polar surface area (TPSA) is 86.8 Å². The van der Waals surface area contributed by atoms with Gasteiger partial charge in [-0.2, -0.15) is 0 Å². The van der Waals surface area contributed by atoms with Crippen molar-refractivity contribution in [1.82, 2.24) is 10.2 Å². The lowest BCUT2D eigenvalue weighted by atomic mass is 10.1. The molecular formula is C26H35Cl2N3O4S. The maximum absolute atomic E-state index is 13.3. The minimum absolute atomic E-state index is 0.0705. The molecule has 0 unspecified atom stereocenters. The number of amides is 2. The predicted octanol–water partition coefficient (Wildman–Crippen LogP) is 5.04. The number of anilines is 1. The molecule has 2 rings (SSSR count). The maximum atomic E-state index is 13.3. The van der Waals surface area contributed by atoms with Crippen molar-refractivity contribution in [3.63, 3.8) is 0 Å². The summed E-state index contributed by atoms with van der Waals surface area (Å²) in [6.07, 6.45) is 1.47. The van der Waals surface area contributed by atoms with E-state index in [0.717, 1.165) is 17.4 Å². The van der Waals surface area contributed by atoms with Crippen molar-refractivity contribution in [1.29, 1.82) is 0 Å². The molecule has 1 N–H and O–H groups in total. The molecular weight excluding hydrogens is 521 g/mol. The molecule has 1 atom stereocenters. The van der Waals surface area contributed by atoms with Crippen LogP contribution in [-0.4, -0.2) is 50.5 Å². The molecule has 36 heavy (non-hydrogen) atoms. The maximum Gasteiger partial charge on any atom is 0.242 e. The zero-order valence-corrected chi connectivity index (χ0v) is 23.8. The Labute approximate surface area is 224 Å². The zero-order chi connectivity index (χ0) is 27.0. The number of hydrogen-bond acceptors (Lipinski definition) is 4. The third-order valence-electron chi connectivity index (χ3n) is 5.71. The van der Waals surface area contributed by atoms with E-state index in [4.69, 9.17) is 23.2 Å². The summed E-state index contributed by atoms with van der Waals surface area (Å²) in [5, 5.41) is 3.89. The average molecular weight is 557 g/mol. The van der Waals surface area contributed by atoms with E-state index >= 15 is 0 Å². The van der Waals surface area contributed by atoms with Crippen LogP contribution >= 0.6 is 23.2 Å². The van der Waals surface area contributed by atoms with E-state index in [0.29, 0.717) is 22.3 Å². The van der Waals surface area contributed by atoms with E-state index in [9.17, 15) is 18.0 Å². The van der Waals surface area contributed by atoms with Crippen molar-refractivity contribution in [2.24, 2.45) is 5.92 Å². The van der Waals surface area contributed by atoms with Crippen LogP contribution in [0.15, 0.2) is 42.5 Å². The summed E-state index contributed by atoms with van der Waals surface area (Å²) in [7, 11) is -3.60. The summed E-state index contributed by atoms with van der Waals surface area (Å²) in [6.45, 7) is 8.34. The smallest absolute Gasteiger partial charge is 0.242 e. The highest BCUT2D eigenvalue weighted by Crippen LogP contribution is 2.27. The second kappa shape index (κ2) is 13.3. The van der Waals surface area contributed by atoms with Gasteiger partial charge in [0, 0.05) is 36.1 Å². The van der Waals surface area contributed by atoms with E-state index < -0.39 is 16.1 Å². The van der Waals surface area contributed by atoms with E-state index in [1.807, 2.05) is 26.0 Å². The molecule has 2 amide bonds. The molecule has 0 fully saturated rings. The molecule has 2 aromatic rings. The minimum Gasteiger partial charge on any atom is -0.354 e. The Balaban J connectivity index is 2.18.